The average molecular weight is 458 g/mol. The molecule has 0 radical (unpaired) electrons. The van der Waals surface area contributed by atoms with Gasteiger partial charge in [-0.25, -0.2) is 4.98 Å². The molecule has 0 saturated heterocycles. The molecule has 0 aliphatic heterocycles. The van der Waals surface area contributed by atoms with E-state index >= 15 is 0 Å². The van der Waals surface area contributed by atoms with Gasteiger partial charge in [-0.15, -0.1) is 0 Å². The van der Waals surface area contributed by atoms with E-state index in [9.17, 15) is 4.79 Å². The molecule has 0 aliphatic rings. The summed E-state index contributed by atoms with van der Waals surface area (Å²) in [5.41, 5.74) is 5.14. The lowest BCUT2D eigenvalue weighted by atomic mass is 10.0. The number of nitrogens with one attached hydrogen (secondary N) is 1. The van der Waals surface area contributed by atoms with Crippen LogP contribution < -0.4 is 14.8 Å². The summed E-state index contributed by atoms with van der Waals surface area (Å²) in [6.45, 7) is 5.61. The zero-order valence-corrected chi connectivity index (χ0v) is 20.2. The minimum atomic E-state index is -0.159. The summed E-state index contributed by atoms with van der Waals surface area (Å²) in [6.07, 6.45) is 0.623. The first-order valence-electron chi connectivity index (χ1n) is 11.5. The standard InChI is InChI=1S/C28H31N3O3/c1-19(2)21-11-9-20(10-12-21)18-31-24-8-6-5-7-23(24)30-27(31)15-16-29-28(32)22-13-14-25(33-3)26(17-22)34-4/h5-14,17,19H,15-16,18H2,1-4H3,(H,29,32). The molecular formula is C28H31N3O3. The number of hydrogen-bond acceptors (Lipinski definition) is 4. The predicted octanol–water partition coefficient (Wildman–Crippen LogP) is 5.20. The normalized spacial score (nSPS) is 11.1. The molecule has 0 aliphatic carbocycles. The number of amides is 1. The van der Waals surface area contributed by atoms with Crippen molar-refractivity contribution in [1.82, 2.24) is 14.9 Å². The van der Waals surface area contributed by atoms with E-state index < -0.39 is 0 Å². The zero-order chi connectivity index (χ0) is 24.1. The summed E-state index contributed by atoms with van der Waals surface area (Å²) in [4.78, 5) is 17.6. The van der Waals surface area contributed by atoms with Gasteiger partial charge in [-0.3, -0.25) is 4.79 Å². The summed E-state index contributed by atoms with van der Waals surface area (Å²) in [5, 5.41) is 3.00. The third-order valence-electron chi connectivity index (χ3n) is 6.00. The van der Waals surface area contributed by atoms with Crippen LogP contribution in [0.4, 0.5) is 0 Å². The fourth-order valence-electron chi connectivity index (χ4n) is 4.05. The van der Waals surface area contributed by atoms with Gasteiger partial charge >= 0.3 is 0 Å². The summed E-state index contributed by atoms with van der Waals surface area (Å²) in [7, 11) is 3.13. The van der Waals surface area contributed by atoms with Gasteiger partial charge in [0.15, 0.2) is 11.5 Å². The third-order valence-corrected chi connectivity index (χ3v) is 6.00. The van der Waals surface area contributed by atoms with Crippen LogP contribution >= 0.6 is 0 Å². The fraction of sp³-hybridized carbons (Fsp3) is 0.286. The van der Waals surface area contributed by atoms with E-state index in [-0.39, 0.29) is 5.91 Å². The SMILES string of the molecule is COc1ccc(C(=O)NCCc2nc3ccccc3n2Cc2ccc(C(C)C)cc2)cc1OC. The topological polar surface area (TPSA) is 65.4 Å². The molecule has 1 heterocycles. The molecule has 0 saturated carbocycles. The van der Waals surface area contributed by atoms with E-state index in [1.54, 1.807) is 32.4 Å². The highest BCUT2D eigenvalue weighted by molar-refractivity contribution is 5.94. The molecular weight excluding hydrogens is 426 g/mol. The molecule has 0 bridgehead atoms. The quantitative estimate of drug-likeness (QED) is 0.375. The molecule has 1 amide bonds. The van der Waals surface area contributed by atoms with Crippen molar-refractivity contribution in [1.29, 1.82) is 0 Å². The molecule has 6 nitrogen and oxygen atoms in total. The number of aromatic nitrogens is 2. The zero-order valence-electron chi connectivity index (χ0n) is 20.2. The predicted molar refractivity (Wildman–Crippen MR) is 135 cm³/mol. The molecule has 3 aromatic carbocycles. The Bertz CT molecular complexity index is 1280. The Morgan fingerprint density at radius 3 is 2.41 bits per heavy atom. The molecule has 1 N–H and O–H groups in total. The number of imidazole rings is 1. The number of carbonyl (C=O) groups excluding carboxylic acids is 1. The highest BCUT2D eigenvalue weighted by Crippen LogP contribution is 2.27. The Morgan fingerprint density at radius 1 is 0.971 bits per heavy atom. The van der Waals surface area contributed by atoms with Gasteiger partial charge < -0.3 is 19.4 Å². The van der Waals surface area contributed by atoms with Crippen molar-refractivity contribution in [3.05, 3.63) is 89.2 Å². The van der Waals surface area contributed by atoms with Crippen LogP contribution in [0, 0.1) is 0 Å². The van der Waals surface area contributed by atoms with Crippen molar-refractivity contribution < 1.29 is 14.3 Å². The highest BCUT2D eigenvalue weighted by Gasteiger charge is 2.14. The van der Waals surface area contributed by atoms with Crippen molar-refractivity contribution in [3.63, 3.8) is 0 Å². The number of methoxy groups -OCH3 is 2. The highest BCUT2D eigenvalue weighted by atomic mass is 16.5. The van der Waals surface area contributed by atoms with Gasteiger partial charge in [-0.2, -0.15) is 0 Å². The van der Waals surface area contributed by atoms with Gasteiger partial charge in [-0.1, -0.05) is 50.2 Å². The van der Waals surface area contributed by atoms with E-state index in [2.05, 4.69) is 54.1 Å². The van der Waals surface area contributed by atoms with Gasteiger partial charge in [0, 0.05) is 25.1 Å². The van der Waals surface area contributed by atoms with E-state index in [1.165, 1.54) is 11.1 Å². The minimum absolute atomic E-state index is 0.159. The van der Waals surface area contributed by atoms with E-state index in [0.717, 1.165) is 23.4 Å². The second-order valence-electron chi connectivity index (χ2n) is 8.57. The Labute approximate surface area is 200 Å². The number of ether oxygens (including phenoxy) is 2. The number of carbonyl (C=O) groups is 1. The third kappa shape index (κ3) is 5.06. The van der Waals surface area contributed by atoms with Crippen molar-refractivity contribution >= 4 is 16.9 Å². The maximum atomic E-state index is 12.7. The maximum Gasteiger partial charge on any atom is 0.251 e. The number of para-hydroxylation sites is 2. The lowest BCUT2D eigenvalue weighted by Crippen LogP contribution is -2.26. The van der Waals surface area contributed by atoms with Gasteiger partial charge in [0.05, 0.1) is 25.3 Å². The molecule has 4 aromatic rings. The Hall–Kier alpha value is -3.80. The molecule has 1 aromatic heterocycles. The fourth-order valence-corrected chi connectivity index (χ4v) is 4.05. The van der Waals surface area contributed by atoms with Gasteiger partial charge in [0.2, 0.25) is 0 Å². The van der Waals surface area contributed by atoms with Crippen LogP contribution in [0.25, 0.3) is 11.0 Å². The van der Waals surface area contributed by atoms with Crippen LogP contribution in [0.3, 0.4) is 0 Å². The van der Waals surface area contributed by atoms with E-state index in [1.807, 2.05) is 18.2 Å². The maximum absolute atomic E-state index is 12.7. The minimum Gasteiger partial charge on any atom is -0.493 e. The second kappa shape index (κ2) is 10.4. The van der Waals surface area contributed by atoms with E-state index in [4.69, 9.17) is 14.5 Å². The van der Waals surface area contributed by atoms with Crippen LogP contribution in [0.5, 0.6) is 11.5 Å². The van der Waals surface area contributed by atoms with E-state index in [0.29, 0.717) is 35.9 Å². The number of nitrogens with zero attached hydrogens (tertiary/aromatic N) is 2. The molecule has 4 rings (SSSR count). The van der Waals surface area contributed by atoms with Crippen LogP contribution in [-0.4, -0.2) is 36.2 Å². The molecule has 34 heavy (non-hydrogen) atoms. The van der Waals surface area contributed by atoms with Crippen LogP contribution in [0.1, 0.15) is 47.1 Å². The Balaban J connectivity index is 1.49. The number of rotatable bonds is 9. The first kappa shape index (κ1) is 23.4. The van der Waals surface area contributed by atoms with Crippen LogP contribution in [0.2, 0.25) is 0 Å². The van der Waals surface area contributed by atoms with Gasteiger partial charge in [-0.05, 0) is 47.4 Å². The lowest BCUT2D eigenvalue weighted by molar-refractivity contribution is 0.0953. The largest absolute Gasteiger partial charge is 0.493 e. The number of fused-ring (bicyclic) bond motifs is 1. The number of hydrogen-bond donors (Lipinski definition) is 1. The van der Waals surface area contributed by atoms with Gasteiger partial charge in [0.1, 0.15) is 5.82 Å². The second-order valence-corrected chi connectivity index (χ2v) is 8.57. The summed E-state index contributed by atoms with van der Waals surface area (Å²) >= 11 is 0. The summed E-state index contributed by atoms with van der Waals surface area (Å²) in [6, 6.07) is 22.1. The molecule has 0 spiro atoms. The van der Waals surface area contributed by atoms with Crippen molar-refractivity contribution in [3.8, 4) is 11.5 Å². The molecule has 176 valence electrons. The van der Waals surface area contributed by atoms with Crippen LogP contribution in [-0.2, 0) is 13.0 Å². The Morgan fingerprint density at radius 2 is 1.71 bits per heavy atom. The Kier molecular flexibility index (Phi) is 7.16. The summed E-state index contributed by atoms with van der Waals surface area (Å²) in [5.74, 6) is 2.41. The van der Waals surface area contributed by atoms with Crippen molar-refractivity contribution in [2.45, 2.75) is 32.7 Å². The molecule has 0 unspecified atom stereocenters. The molecule has 0 fully saturated rings. The molecule has 6 heteroatoms. The average Bonchev–Trinajstić information content (AvgIpc) is 3.20. The van der Waals surface area contributed by atoms with Crippen molar-refractivity contribution in [2.24, 2.45) is 0 Å². The first-order chi connectivity index (χ1) is 16.5. The van der Waals surface area contributed by atoms with Crippen molar-refractivity contribution in [2.75, 3.05) is 20.8 Å². The lowest BCUT2D eigenvalue weighted by Gasteiger charge is -2.12. The first-order valence-corrected chi connectivity index (χ1v) is 11.5. The van der Waals surface area contributed by atoms with Gasteiger partial charge in [0.25, 0.3) is 5.91 Å². The summed E-state index contributed by atoms with van der Waals surface area (Å²) < 4.78 is 12.8. The molecule has 0 atom stereocenters. The smallest absolute Gasteiger partial charge is 0.251 e. The van der Waals surface area contributed by atoms with Crippen LogP contribution in [0.15, 0.2) is 66.7 Å². The number of benzene rings is 3. The monoisotopic (exact) mass is 457 g/mol.